The normalized spacial score (nSPS) is 11.3. The summed E-state index contributed by atoms with van der Waals surface area (Å²) in [7, 11) is 0. The zero-order chi connectivity index (χ0) is 13.2. The summed E-state index contributed by atoms with van der Waals surface area (Å²) in [6.07, 6.45) is 2.55. The van der Waals surface area contributed by atoms with Gasteiger partial charge in [-0.25, -0.2) is 4.98 Å². The van der Waals surface area contributed by atoms with Gasteiger partial charge in [-0.05, 0) is 36.8 Å². The van der Waals surface area contributed by atoms with E-state index in [9.17, 15) is 0 Å². The summed E-state index contributed by atoms with van der Waals surface area (Å²) < 4.78 is 7.54. The molecule has 0 spiro atoms. The van der Waals surface area contributed by atoms with Gasteiger partial charge in [0.15, 0.2) is 0 Å². The van der Waals surface area contributed by atoms with E-state index in [-0.39, 0.29) is 0 Å². The van der Waals surface area contributed by atoms with Gasteiger partial charge in [-0.1, -0.05) is 6.07 Å². The Labute approximate surface area is 116 Å². The topological polar surface area (TPSA) is 31.0 Å². The molecule has 0 aliphatic heterocycles. The minimum absolute atomic E-state index is 0.423. The molecule has 0 N–H and O–H groups in total. The summed E-state index contributed by atoms with van der Waals surface area (Å²) in [4.78, 5) is 4.59. The lowest BCUT2D eigenvalue weighted by Crippen LogP contribution is -2.04. The number of aromatic nitrogens is 2. The molecule has 0 saturated heterocycles. The van der Waals surface area contributed by atoms with Crippen molar-refractivity contribution in [3.8, 4) is 0 Å². The standard InChI is InChI=1S/C15H15ClN2O/c1-11-4-5-14-13(9-11)17-15(10-16)18(14)7-6-12-3-2-8-19-12/h2-5,8-9H,6-7,10H2,1H3. The Hall–Kier alpha value is -1.74. The van der Waals surface area contributed by atoms with E-state index in [4.69, 9.17) is 16.0 Å². The summed E-state index contributed by atoms with van der Waals surface area (Å²) in [6, 6.07) is 10.2. The number of halogens is 1. The van der Waals surface area contributed by atoms with Crippen molar-refractivity contribution in [2.24, 2.45) is 0 Å². The third kappa shape index (κ3) is 2.38. The van der Waals surface area contributed by atoms with Crippen LogP contribution in [0.4, 0.5) is 0 Å². The van der Waals surface area contributed by atoms with Crippen LogP contribution in [0.3, 0.4) is 0 Å². The first-order valence-corrected chi connectivity index (χ1v) is 6.85. The zero-order valence-corrected chi connectivity index (χ0v) is 11.5. The van der Waals surface area contributed by atoms with E-state index < -0.39 is 0 Å². The van der Waals surface area contributed by atoms with E-state index in [2.05, 4.69) is 34.7 Å². The molecule has 0 aliphatic carbocycles. The molecular formula is C15H15ClN2O. The van der Waals surface area contributed by atoms with Crippen LogP contribution in [0.25, 0.3) is 11.0 Å². The van der Waals surface area contributed by atoms with Crippen LogP contribution in [0.2, 0.25) is 0 Å². The lowest BCUT2D eigenvalue weighted by Gasteiger charge is -2.06. The van der Waals surface area contributed by atoms with Gasteiger partial charge in [0.05, 0.1) is 23.2 Å². The number of imidazole rings is 1. The Morgan fingerprint density at radius 2 is 2.21 bits per heavy atom. The van der Waals surface area contributed by atoms with Crippen molar-refractivity contribution in [3.05, 3.63) is 53.7 Å². The molecule has 0 unspecified atom stereocenters. The average Bonchev–Trinajstić information content (AvgIpc) is 3.02. The number of furan rings is 1. The van der Waals surface area contributed by atoms with Gasteiger partial charge >= 0.3 is 0 Å². The molecule has 0 aliphatic rings. The van der Waals surface area contributed by atoms with Crippen molar-refractivity contribution < 1.29 is 4.42 Å². The summed E-state index contributed by atoms with van der Waals surface area (Å²) in [5.41, 5.74) is 3.35. The number of hydrogen-bond donors (Lipinski definition) is 0. The van der Waals surface area contributed by atoms with Gasteiger partial charge in [0.1, 0.15) is 11.6 Å². The second-order valence-electron chi connectivity index (χ2n) is 4.63. The van der Waals surface area contributed by atoms with Gasteiger partial charge in [-0.15, -0.1) is 11.6 Å². The predicted octanol–water partition coefficient (Wildman–Crippen LogP) is 3.92. The Bertz CT molecular complexity index is 686. The van der Waals surface area contributed by atoms with Crippen LogP contribution in [-0.4, -0.2) is 9.55 Å². The Balaban J connectivity index is 1.96. The molecule has 0 atom stereocenters. The van der Waals surface area contributed by atoms with Gasteiger partial charge in [0.2, 0.25) is 0 Å². The highest BCUT2D eigenvalue weighted by Crippen LogP contribution is 2.19. The fourth-order valence-electron chi connectivity index (χ4n) is 2.32. The number of aryl methyl sites for hydroxylation is 3. The second-order valence-corrected chi connectivity index (χ2v) is 4.90. The molecule has 0 radical (unpaired) electrons. The van der Waals surface area contributed by atoms with Gasteiger partial charge < -0.3 is 8.98 Å². The molecule has 3 aromatic rings. The number of alkyl halides is 1. The van der Waals surface area contributed by atoms with E-state index in [1.807, 2.05) is 12.1 Å². The van der Waals surface area contributed by atoms with Crippen LogP contribution in [0, 0.1) is 6.92 Å². The zero-order valence-electron chi connectivity index (χ0n) is 10.8. The summed E-state index contributed by atoms with van der Waals surface area (Å²) >= 11 is 6.00. The molecular weight excluding hydrogens is 260 g/mol. The molecule has 4 heteroatoms. The Morgan fingerprint density at radius 1 is 1.32 bits per heavy atom. The molecule has 98 valence electrons. The molecule has 0 bridgehead atoms. The number of nitrogens with zero attached hydrogens (tertiary/aromatic N) is 2. The number of hydrogen-bond acceptors (Lipinski definition) is 2. The molecule has 3 nitrogen and oxygen atoms in total. The van der Waals surface area contributed by atoms with Crippen LogP contribution in [-0.2, 0) is 18.8 Å². The highest BCUT2D eigenvalue weighted by Gasteiger charge is 2.10. The van der Waals surface area contributed by atoms with E-state index in [1.165, 1.54) is 5.56 Å². The van der Waals surface area contributed by atoms with Crippen LogP contribution >= 0.6 is 11.6 Å². The molecule has 19 heavy (non-hydrogen) atoms. The van der Waals surface area contributed by atoms with Crippen LogP contribution in [0.1, 0.15) is 17.1 Å². The van der Waals surface area contributed by atoms with Crippen molar-refractivity contribution >= 4 is 22.6 Å². The second kappa shape index (κ2) is 5.10. The summed E-state index contributed by atoms with van der Waals surface area (Å²) in [6.45, 7) is 2.90. The maximum absolute atomic E-state index is 6.00. The van der Waals surface area contributed by atoms with Gasteiger partial charge in [-0.2, -0.15) is 0 Å². The van der Waals surface area contributed by atoms with Gasteiger partial charge in [-0.3, -0.25) is 0 Å². The van der Waals surface area contributed by atoms with Gasteiger partial charge in [0.25, 0.3) is 0 Å². The fraction of sp³-hybridized carbons (Fsp3) is 0.267. The minimum Gasteiger partial charge on any atom is -0.469 e. The number of fused-ring (bicyclic) bond motifs is 1. The first-order chi connectivity index (χ1) is 9.28. The van der Waals surface area contributed by atoms with Crippen LogP contribution in [0.15, 0.2) is 41.0 Å². The molecule has 0 fully saturated rings. The number of benzene rings is 1. The molecule has 1 aromatic carbocycles. The Morgan fingerprint density at radius 3 is 2.95 bits per heavy atom. The SMILES string of the molecule is Cc1ccc2c(c1)nc(CCl)n2CCc1ccco1. The highest BCUT2D eigenvalue weighted by atomic mass is 35.5. The van der Waals surface area contributed by atoms with E-state index in [1.54, 1.807) is 6.26 Å². The first kappa shape index (κ1) is 12.3. The third-order valence-electron chi connectivity index (χ3n) is 3.26. The maximum Gasteiger partial charge on any atom is 0.124 e. The lowest BCUT2D eigenvalue weighted by atomic mass is 10.2. The maximum atomic E-state index is 6.00. The van der Waals surface area contributed by atoms with E-state index in [0.29, 0.717) is 5.88 Å². The van der Waals surface area contributed by atoms with Crippen molar-refractivity contribution in [1.82, 2.24) is 9.55 Å². The third-order valence-corrected chi connectivity index (χ3v) is 3.50. The lowest BCUT2D eigenvalue weighted by molar-refractivity contribution is 0.491. The highest BCUT2D eigenvalue weighted by molar-refractivity contribution is 6.16. The fourth-order valence-corrected chi connectivity index (χ4v) is 2.52. The molecule has 0 saturated carbocycles. The minimum atomic E-state index is 0.423. The average molecular weight is 275 g/mol. The summed E-state index contributed by atoms with van der Waals surface area (Å²) in [5.74, 6) is 2.31. The summed E-state index contributed by atoms with van der Waals surface area (Å²) in [5, 5.41) is 0. The first-order valence-electron chi connectivity index (χ1n) is 6.32. The molecule has 3 rings (SSSR count). The largest absolute Gasteiger partial charge is 0.469 e. The quantitative estimate of drug-likeness (QED) is 0.675. The molecule has 0 amide bonds. The van der Waals surface area contributed by atoms with Crippen molar-refractivity contribution in [2.45, 2.75) is 25.8 Å². The van der Waals surface area contributed by atoms with Crippen molar-refractivity contribution in [1.29, 1.82) is 0 Å². The van der Waals surface area contributed by atoms with E-state index in [0.717, 1.165) is 35.6 Å². The van der Waals surface area contributed by atoms with Crippen molar-refractivity contribution in [3.63, 3.8) is 0 Å². The predicted molar refractivity (Wildman–Crippen MR) is 76.4 cm³/mol. The number of rotatable bonds is 4. The monoisotopic (exact) mass is 274 g/mol. The van der Waals surface area contributed by atoms with E-state index >= 15 is 0 Å². The van der Waals surface area contributed by atoms with Crippen LogP contribution < -0.4 is 0 Å². The van der Waals surface area contributed by atoms with Crippen LogP contribution in [0.5, 0.6) is 0 Å². The van der Waals surface area contributed by atoms with Gasteiger partial charge in [0, 0.05) is 13.0 Å². The Kier molecular flexibility index (Phi) is 3.30. The molecule has 2 heterocycles. The van der Waals surface area contributed by atoms with Crippen molar-refractivity contribution in [2.75, 3.05) is 0 Å². The molecule has 2 aromatic heterocycles. The smallest absolute Gasteiger partial charge is 0.124 e.